The first-order chi connectivity index (χ1) is 8.93. The van der Waals surface area contributed by atoms with Gasteiger partial charge in [0.1, 0.15) is 5.82 Å². The number of rotatable bonds is 4. The summed E-state index contributed by atoms with van der Waals surface area (Å²) in [4.78, 5) is 0. The maximum Gasteiger partial charge on any atom is 0.150 e. The van der Waals surface area contributed by atoms with Crippen LogP contribution in [-0.4, -0.2) is 26.5 Å². The average molecular weight is 306 g/mol. The summed E-state index contributed by atoms with van der Waals surface area (Å²) in [6.07, 6.45) is 1.05. The van der Waals surface area contributed by atoms with E-state index in [0.717, 1.165) is 0 Å². The van der Waals surface area contributed by atoms with E-state index in [2.05, 4.69) is 0 Å². The molecule has 2 N–H and O–H groups in total. The van der Waals surface area contributed by atoms with Gasteiger partial charge in [-0.05, 0) is 42.9 Å². The van der Waals surface area contributed by atoms with Gasteiger partial charge in [-0.3, -0.25) is 0 Å². The van der Waals surface area contributed by atoms with Gasteiger partial charge in [-0.25, -0.2) is 12.8 Å². The Morgan fingerprint density at radius 3 is 2.79 bits per heavy atom. The molecule has 0 aromatic heterocycles. The summed E-state index contributed by atoms with van der Waals surface area (Å²) < 4.78 is 36.8. The fraction of sp³-hybridized carbons (Fsp3) is 0.538. The minimum absolute atomic E-state index is 0.0216. The van der Waals surface area contributed by atoms with Crippen LogP contribution >= 0.6 is 11.6 Å². The zero-order valence-electron chi connectivity index (χ0n) is 10.5. The highest BCUT2D eigenvalue weighted by atomic mass is 35.5. The van der Waals surface area contributed by atoms with Crippen LogP contribution in [0, 0.1) is 17.7 Å². The minimum atomic E-state index is -2.94. The molecule has 0 saturated carbocycles. The van der Waals surface area contributed by atoms with Crippen molar-refractivity contribution in [2.45, 2.75) is 12.8 Å². The fourth-order valence-electron chi connectivity index (χ4n) is 2.63. The molecule has 1 aromatic carbocycles. The highest BCUT2D eigenvalue weighted by Gasteiger charge is 2.33. The van der Waals surface area contributed by atoms with E-state index in [1.165, 1.54) is 6.07 Å². The van der Waals surface area contributed by atoms with Crippen LogP contribution in [0.25, 0.3) is 0 Å². The number of sulfone groups is 1. The van der Waals surface area contributed by atoms with E-state index in [1.807, 2.05) is 0 Å². The molecule has 6 heteroatoms. The van der Waals surface area contributed by atoms with E-state index in [1.54, 1.807) is 12.1 Å². The molecule has 1 aromatic rings. The molecule has 2 rings (SSSR count). The third-order valence-electron chi connectivity index (χ3n) is 3.75. The standard InChI is InChI=1S/C13H17ClFNO2S/c14-12-3-1-2-9(13(12)15)6-11(7-16)10-4-5-19(17,18)8-10/h1-3,10-11H,4-8,16H2. The predicted octanol–water partition coefficient (Wildman–Crippen LogP) is 2.03. The SMILES string of the molecule is NCC(Cc1cccc(Cl)c1F)C1CCS(=O)(=O)C1. The van der Waals surface area contributed by atoms with Gasteiger partial charge in [-0.15, -0.1) is 0 Å². The van der Waals surface area contributed by atoms with Gasteiger partial charge in [0.15, 0.2) is 9.84 Å². The van der Waals surface area contributed by atoms with Gasteiger partial charge in [0, 0.05) is 0 Å². The van der Waals surface area contributed by atoms with Gasteiger partial charge in [0.05, 0.1) is 16.5 Å². The minimum Gasteiger partial charge on any atom is -0.330 e. The van der Waals surface area contributed by atoms with E-state index in [4.69, 9.17) is 17.3 Å². The summed E-state index contributed by atoms with van der Waals surface area (Å²) in [5.41, 5.74) is 6.23. The van der Waals surface area contributed by atoms with E-state index < -0.39 is 15.7 Å². The second-order valence-electron chi connectivity index (χ2n) is 5.08. The van der Waals surface area contributed by atoms with Gasteiger partial charge in [0.2, 0.25) is 0 Å². The molecule has 0 spiro atoms. The summed E-state index contributed by atoms with van der Waals surface area (Å²) in [5.74, 6) is -0.0504. The Hall–Kier alpha value is -0.650. The van der Waals surface area contributed by atoms with Crippen molar-refractivity contribution in [1.29, 1.82) is 0 Å². The molecule has 3 nitrogen and oxygen atoms in total. The molecule has 1 aliphatic rings. The topological polar surface area (TPSA) is 60.2 Å². The Bertz CT molecular complexity index is 562. The van der Waals surface area contributed by atoms with Gasteiger partial charge in [0.25, 0.3) is 0 Å². The lowest BCUT2D eigenvalue weighted by Crippen LogP contribution is -2.26. The van der Waals surface area contributed by atoms with Gasteiger partial charge >= 0.3 is 0 Å². The Morgan fingerprint density at radius 1 is 1.47 bits per heavy atom. The Morgan fingerprint density at radius 2 is 2.21 bits per heavy atom. The summed E-state index contributed by atoms with van der Waals surface area (Å²) >= 11 is 5.74. The molecule has 0 aliphatic carbocycles. The van der Waals surface area contributed by atoms with Crippen LogP contribution in [0.15, 0.2) is 18.2 Å². The molecule has 0 amide bonds. The van der Waals surface area contributed by atoms with Crippen molar-refractivity contribution in [2.75, 3.05) is 18.1 Å². The quantitative estimate of drug-likeness (QED) is 0.926. The molecule has 1 fully saturated rings. The van der Waals surface area contributed by atoms with E-state index in [9.17, 15) is 12.8 Å². The lowest BCUT2D eigenvalue weighted by Gasteiger charge is -2.21. The molecule has 1 heterocycles. The second kappa shape index (κ2) is 5.77. The number of hydrogen-bond donors (Lipinski definition) is 1. The molecule has 0 bridgehead atoms. The average Bonchev–Trinajstić information content (AvgIpc) is 2.71. The van der Waals surface area contributed by atoms with Crippen molar-refractivity contribution >= 4 is 21.4 Å². The Labute approximate surface area is 117 Å². The maximum absolute atomic E-state index is 13.8. The highest BCUT2D eigenvalue weighted by Crippen LogP contribution is 2.29. The van der Waals surface area contributed by atoms with Crippen LogP contribution in [0.5, 0.6) is 0 Å². The van der Waals surface area contributed by atoms with Crippen molar-refractivity contribution in [2.24, 2.45) is 17.6 Å². The van der Waals surface area contributed by atoms with Crippen molar-refractivity contribution in [3.05, 3.63) is 34.6 Å². The summed E-state index contributed by atoms with van der Waals surface area (Å²) in [6.45, 7) is 0.353. The molecule has 1 saturated heterocycles. The number of benzene rings is 1. The first-order valence-corrected chi connectivity index (χ1v) is 8.46. The van der Waals surface area contributed by atoms with Crippen LogP contribution in [0.4, 0.5) is 4.39 Å². The first-order valence-electron chi connectivity index (χ1n) is 6.26. The molecule has 106 valence electrons. The lowest BCUT2D eigenvalue weighted by molar-refractivity contribution is 0.366. The number of hydrogen-bond acceptors (Lipinski definition) is 3. The fourth-order valence-corrected chi connectivity index (χ4v) is 4.74. The number of halogens is 2. The smallest absolute Gasteiger partial charge is 0.150 e. The van der Waals surface area contributed by atoms with E-state index >= 15 is 0 Å². The van der Waals surface area contributed by atoms with E-state index in [0.29, 0.717) is 24.9 Å². The van der Waals surface area contributed by atoms with Gasteiger partial charge in [-0.1, -0.05) is 23.7 Å². The third-order valence-corrected chi connectivity index (χ3v) is 5.84. The molecule has 0 radical (unpaired) electrons. The normalized spacial score (nSPS) is 23.4. The lowest BCUT2D eigenvalue weighted by atomic mass is 9.86. The Kier molecular flexibility index (Phi) is 4.48. The van der Waals surface area contributed by atoms with Crippen LogP contribution in [0.3, 0.4) is 0 Å². The maximum atomic E-state index is 13.8. The van der Waals surface area contributed by atoms with Crippen LogP contribution < -0.4 is 5.73 Å². The molecule has 2 atom stereocenters. The Balaban J connectivity index is 2.14. The van der Waals surface area contributed by atoms with Gasteiger partial charge < -0.3 is 5.73 Å². The molecule has 2 unspecified atom stereocenters. The molecule has 19 heavy (non-hydrogen) atoms. The number of nitrogens with two attached hydrogens (primary N) is 1. The van der Waals surface area contributed by atoms with E-state index in [-0.39, 0.29) is 28.4 Å². The van der Waals surface area contributed by atoms with Crippen molar-refractivity contribution < 1.29 is 12.8 Å². The van der Waals surface area contributed by atoms with Crippen LogP contribution in [0.2, 0.25) is 5.02 Å². The largest absolute Gasteiger partial charge is 0.330 e. The van der Waals surface area contributed by atoms with Gasteiger partial charge in [-0.2, -0.15) is 0 Å². The monoisotopic (exact) mass is 305 g/mol. The summed E-state index contributed by atoms with van der Waals surface area (Å²) in [7, 11) is -2.94. The first kappa shape index (κ1) is 14.8. The predicted molar refractivity (Wildman–Crippen MR) is 74.4 cm³/mol. The second-order valence-corrected chi connectivity index (χ2v) is 7.71. The van der Waals surface area contributed by atoms with Crippen molar-refractivity contribution in [1.82, 2.24) is 0 Å². The zero-order valence-corrected chi connectivity index (χ0v) is 12.1. The molecule has 1 aliphatic heterocycles. The van der Waals surface area contributed by atoms with Crippen LogP contribution in [-0.2, 0) is 16.3 Å². The van der Waals surface area contributed by atoms with Crippen molar-refractivity contribution in [3.63, 3.8) is 0 Å². The summed E-state index contributed by atoms with van der Waals surface area (Å²) in [5, 5.41) is 0.0901. The molecular weight excluding hydrogens is 289 g/mol. The van der Waals surface area contributed by atoms with Crippen LogP contribution in [0.1, 0.15) is 12.0 Å². The van der Waals surface area contributed by atoms with Crippen molar-refractivity contribution in [3.8, 4) is 0 Å². The molecular formula is C13H17ClFNO2S. The zero-order chi connectivity index (χ0) is 14.0. The summed E-state index contributed by atoms with van der Waals surface area (Å²) in [6, 6.07) is 4.87. The highest BCUT2D eigenvalue weighted by molar-refractivity contribution is 7.91. The third kappa shape index (κ3) is 3.46.